The molecule has 1 aromatic rings. The average Bonchev–Trinajstić information content (AvgIpc) is 3.31. The Morgan fingerprint density at radius 1 is 1.43 bits per heavy atom. The van der Waals surface area contributed by atoms with Crippen LogP contribution >= 0.6 is 11.3 Å². The Hall–Kier alpha value is -1.94. The van der Waals surface area contributed by atoms with Gasteiger partial charge >= 0.3 is 6.03 Å². The average molecular weight is 426 g/mol. The highest BCUT2D eigenvalue weighted by Gasteiger charge is 2.55. The molecule has 0 radical (unpaired) electrons. The highest BCUT2D eigenvalue weighted by Crippen LogP contribution is 2.42. The van der Waals surface area contributed by atoms with Gasteiger partial charge in [0.15, 0.2) is 9.84 Å². The number of urea groups is 1. The maximum atomic E-state index is 13.2. The van der Waals surface area contributed by atoms with Crippen LogP contribution in [-0.2, 0) is 31.4 Å². The summed E-state index contributed by atoms with van der Waals surface area (Å²) in [7, 11) is -3.13. The zero-order valence-electron chi connectivity index (χ0n) is 15.6. The maximum Gasteiger partial charge on any atom is 0.325 e. The number of carbonyl (C=O) groups is 3. The van der Waals surface area contributed by atoms with Crippen LogP contribution in [0.2, 0.25) is 0 Å². The molecular formula is C18H23N3O5S2. The van der Waals surface area contributed by atoms with Crippen LogP contribution in [0.5, 0.6) is 0 Å². The Labute approximate surface area is 167 Å². The summed E-state index contributed by atoms with van der Waals surface area (Å²) in [6.45, 7) is 1.74. The van der Waals surface area contributed by atoms with E-state index in [-0.39, 0.29) is 24.0 Å². The van der Waals surface area contributed by atoms with Gasteiger partial charge in [-0.15, -0.1) is 11.3 Å². The summed E-state index contributed by atoms with van der Waals surface area (Å²) in [5, 5.41) is 4.75. The standard InChI is InChI=1S/C18H23N3O5S2/c1-2-20(12-6-9-28(25,26)11-12)15(22)10-21-16(23)18(19-17(21)24)7-3-4-14-13(18)5-8-27-14/h5,8,12H,2-4,6-7,9-11H2,1H3,(H,19,24)/t12-,18-/m0/s1. The van der Waals surface area contributed by atoms with Gasteiger partial charge in [0.2, 0.25) is 5.91 Å². The monoisotopic (exact) mass is 425 g/mol. The number of aryl methyl sites for hydroxylation is 1. The largest absolute Gasteiger partial charge is 0.337 e. The van der Waals surface area contributed by atoms with Crippen LogP contribution in [0.15, 0.2) is 11.4 Å². The van der Waals surface area contributed by atoms with Crippen molar-refractivity contribution in [1.29, 1.82) is 0 Å². The second-order valence-corrected chi connectivity index (χ2v) is 10.8. The highest BCUT2D eigenvalue weighted by molar-refractivity contribution is 7.91. The first-order valence-corrected chi connectivity index (χ1v) is 12.2. The van der Waals surface area contributed by atoms with Crippen molar-refractivity contribution in [3.63, 3.8) is 0 Å². The van der Waals surface area contributed by atoms with Crippen molar-refractivity contribution in [1.82, 2.24) is 15.1 Å². The number of carbonyl (C=O) groups excluding carboxylic acids is 3. The first-order valence-electron chi connectivity index (χ1n) is 9.48. The maximum absolute atomic E-state index is 13.2. The lowest BCUT2D eigenvalue weighted by Crippen LogP contribution is -2.49. The third-order valence-corrected chi connectivity index (χ3v) is 8.67. The Bertz CT molecular complexity index is 941. The number of rotatable bonds is 4. The van der Waals surface area contributed by atoms with Crippen molar-refractivity contribution in [3.05, 3.63) is 21.9 Å². The molecule has 1 aliphatic carbocycles. The molecule has 4 rings (SSSR count). The van der Waals surface area contributed by atoms with Crippen molar-refractivity contribution in [3.8, 4) is 0 Å². The molecule has 0 unspecified atom stereocenters. The summed E-state index contributed by atoms with van der Waals surface area (Å²) in [6.07, 6.45) is 2.59. The molecule has 8 nitrogen and oxygen atoms in total. The van der Waals surface area contributed by atoms with E-state index in [1.165, 1.54) is 4.90 Å². The van der Waals surface area contributed by atoms with Crippen molar-refractivity contribution in [2.24, 2.45) is 0 Å². The van der Waals surface area contributed by atoms with Gasteiger partial charge in [-0.25, -0.2) is 13.2 Å². The lowest BCUT2D eigenvalue weighted by Gasteiger charge is -2.31. The minimum Gasteiger partial charge on any atom is -0.337 e. The first-order chi connectivity index (χ1) is 13.3. The second kappa shape index (κ2) is 6.84. The number of nitrogens with one attached hydrogen (secondary N) is 1. The molecule has 0 aromatic carbocycles. The van der Waals surface area contributed by atoms with Crippen LogP contribution in [0.1, 0.15) is 36.6 Å². The number of sulfone groups is 1. The molecular weight excluding hydrogens is 402 g/mol. The predicted octanol–water partition coefficient (Wildman–Crippen LogP) is 0.867. The predicted molar refractivity (Wildman–Crippen MR) is 104 cm³/mol. The minimum atomic E-state index is -3.13. The molecule has 2 saturated heterocycles. The van der Waals surface area contributed by atoms with Gasteiger partial charge in [0.05, 0.1) is 11.5 Å². The van der Waals surface area contributed by atoms with E-state index < -0.39 is 33.4 Å². The van der Waals surface area contributed by atoms with E-state index in [1.807, 2.05) is 11.4 Å². The van der Waals surface area contributed by atoms with Crippen LogP contribution < -0.4 is 5.32 Å². The number of fused-ring (bicyclic) bond motifs is 2. The smallest absolute Gasteiger partial charge is 0.325 e. The summed E-state index contributed by atoms with van der Waals surface area (Å²) >= 11 is 1.58. The molecule has 3 heterocycles. The van der Waals surface area contributed by atoms with E-state index in [0.717, 1.165) is 28.2 Å². The summed E-state index contributed by atoms with van der Waals surface area (Å²) < 4.78 is 23.5. The second-order valence-electron chi connectivity index (χ2n) is 7.57. The Kier molecular flexibility index (Phi) is 4.73. The molecule has 4 amide bonds. The number of nitrogens with zero attached hydrogens (tertiary/aromatic N) is 2. The zero-order valence-corrected chi connectivity index (χ0v) is 17.3. The van der Waals surface area contributed by atoms with Gasteiger partial charge in [-0.05, 0) is 44.1 Å². The zero-order chi connectivity index (χ0) is 20.1. The van der Waals surface area contributed by atoms with Gasteiger partial charge in [-0.1, -0.05) is 0 Å². The molecule has 2 fully saturated rings. The number of amides is 4. The molecule has 1 N–H and O–H groups in total. The van der Waals surface area contributed by atoms with Crippen LogP contribution in [0.25, 0.3) is 0 Å². The molecule has 3 aliphatic rings. The molecule has 10 heteroatoms. The Balaban J connectivity index is 1.54. The fourth-order valence-electron chi connectivity index (χ4n) is 4.57. The first kappa shape index (κ1) is 19.4. The molecule has 2 aliphatic heterocycles. The van der Waals surface area contributed by atoms with Gasteiger partial charge < -0.3 is 10.2 Å². The molecule has 2 atom stereocenters. The normalized spacial score (nSPS) is 28.5. The summed E-state index contributed by atoms with van der Waals surface area (Å²) in [4.78, 5) is 42.2. The number of hydrogen-bond donors (Lipinski definition) is 1. The fourth-order valence-corrected chi connectivity index (χ4v) is 7.30. The van der Waals surface area contributed by atoms with Crippen molar-refractivity contribution in [2.75, 3.05) is 24.6 Å². The quantitative estimate of drug-likeness (QED) is 0.721. The van der Waals surface area contributed by atoms with E-state index in [2.05, 4.69) is 5.32 Å². The lowest BCUT2D eigenvalue weighted by molar-refractivity contribution is -0.140. The summed E-state index contributed by atoms with van der Waals surface area (Å²) in [5.41, 5.74) is -0.232. The number of thiophene rings is 1. The molecule has 0 saturated carbocycles. The number of hydrogen-bond acceptors (Lipinski definition) is 6. The van der Waals surface area contributed by atoms with Crippen LogP contribution in [0, 0.1) is 0 Å². The molecule has 1 spiro atoms. The molecule has 152 valence electrons. The van der Waals surface area contributed by atoms with Crippen molar-refractivity contribution in [2.45, 2.75) is 44.2 Å². The van der Waals surface area contributed by atoms with E-state index in [1.54, 1.807) is 18.3 Å². The van der Waals surface area contributed by atoms with Gasteiger partial charge in [-0.3, -0.25) is 14.5 Å². The van der Waals surface area contributed by atoms with Gasteiger partial charge in [0, 0.05) is 23.0 Å². The van der Waals surface area contributed by atoms with Gasteiger partial charge in [0.1, 0.15) is 12.1 Å². The van der Waals surface area contributed by atoms with Crippen molar-refractivity contribution >= 4 is 39.0 Å². The third kappa shape index (κ3) is 3.02. The topological polar surface area (TPSA) is 104 Å². The molecule has 28 heavy (non-hydrogen) atoms. The molecule has 0 bridgehead atoms. The molecule has 1 aromatic heterocycles. The van der Waals surface area contributed by atoms with E-state index in [4.69, 9.17) is 0 Å². The number of likely N-dealkylation sites (N-methyl/N-ethyl adjacent to an activating group) is 1. The van der Waals surface area contributed by atoms with Crippen LogP contribution in [0.3, 0.4) is 0 Å². The minimum absolute atomic E-state index is 0.0606. The number of imide groups is 1. The van der Waals surface area contributed by atoms with Gasteiger partial charge in [0.25, 0.3) is 5.91 Å². The Morgan fingerprint density at radius 2 is 2.21 bits per heavy atom. The van der Waals surface area contributed by atoms with Crippen molar-refractivity contribution < 1.29 is 22.8 Å². The third-order valence-electron chi connectivity index (χ3n) is 5.94. The SMILES string of the molecule is CCN(C(=O)CN1C(=O)N[C@]2(CCCc3sccc32)C1=O)[C@H]1CCS(=O)(=O)C1. The summed E-state index contributed by atoms with van der Waals surface area (Å²) in [5.74, 6) is -0.782. The van der Waals surface area contributed by atoms with Crippen LogP contribution in [0.4, 0.5) is 4.79 Å². The summed E-state index contributed by atoms with van der Waals surface area (Å²) in [6, 6.07) is 0.924. The Morgan fingerprint density at radius 3 is 2.89 bits per heavy atom. The van der Waals surface area contributed by atoms with E-state index in [9.17, 15) is 22.8 Å². The highest BCUT2D eigenvalue weighted by atomic mass is 32.2. The van der Waals surface area contributed by atoms with E-state index >= 15 is 0 Å². The lowest BCUT2D eigenvalue weighted by atomic mass is 9.80. The fraction of sp³-hybridized carbons (Fsp3) is 0.611. The van der Waals surface area contributed by atoms with E-state index in [0.29, 0.717) is 19.4 Å². The van der Waals surface area contributed by atoms with Gasteiger partial charge in [-0.2, -0.15) is 0 Å². The van der Waals surface area contributed by atoms with Crippen LogP contribution in [-0.4, -0.2) is 66.7 Å².